The van der Waals surface area contributed by atoms with Gasteiger partial charge in [-0.3, -0.25) is 4.79 Å². The van der Waals surface area contributed by atoms with Crippen LogP contribution >= 0.6 is 0 Å². The Bertz CT molecular complexity index is 368. The van der Waals surface area contributed by atoms with Crippen molar-refractivity contribution in [3.05, 3.63) is 11.9 Å². The van der Waals surface area contributed by atoms with E-state index in [1.807, 2.05) is 6.92 Å². The van der Waals surface area contributed by atoms with Crippen molar-refractivity contribution in [2.24, 2.45) is 5.73 Å². The number of ether oxygens (including phenoxy) is 1. The minimum absolute atomic E-state index is 0.271. The first-order chi connectivity index (χ1) is 7.61. The highest BCUT2D eigenvalue weighted by molar-refractivity contribution is 5.74. The minimum atomic E-state index is -0.344. The van der Waals surface area contributed by atoms with Crippen LogP contribution in [0.25, 0.3) is 0 Å². The molecule has 0 aromatic carbocycles. The zero-order valence-electron chi connectivity index (χ0n) is 9.49. The number of hydrogen-bond donors (Lipinski definition) is 2. The second kappa shape index (κ2) is 5.89. The van der Waals surface area contributed by atoms with Gasteiger partial charge in [0.2, 0.25) is 11.8 Å². The lowest BCUT2D eigenvalue weighted by atomic mass is 10.4. The van der Waals surface area contributed by atoms with Crippen molar-refractivity contribution in [3.8, 4) is 5.88 Å². The number of carbonyl (C=O) groups is 1. The molecule has 3 N–H and O–H groups in total. The Kier molecular flexibility index (Phi) is 4.50. The number of nitrogens with one attached hydrogen (secondary N) is 1. The molecule has 0 aliphatic heterocycles. The number of aromatic nitrogens is 2. The first-order valence-electron chi connectivity index (χ1n) is 5.12. The monoisotopic (exact) mass is 224 g/mol. The van der Waals surface area contributed by atoms with Gasteiger partial charge in [-0.25, -0.2) is 4.98 Å². The normalized spacial score (nSPS) is 9.88. The van der Waals surface area contributed by atoms with E-state index in [1.54, 1.807) is 13.0 Å². The van der Waals surface area contributed by atoms with Gasteiger partial charge in [0.05, 0.1) is 6.61 Å². The van der Waals surface area contributed by atoms with Gasteiger partial charge in [-0.1, -0.05) is 0 Å². The van der Waals surface area contributed by atoms with E-state index in [2.05, 4.69) is 15.3 Å². The summed E-state index contributed by atoms with van der Waals surface area (Å²) in [5.74, 6) is 1.43. The van der Waals surface area contributed by atoms with Crippen LogP contribution in [0, 0.1) is 6.92 Å². The molecule has 0 bridgehead atoms. The third-order valence-electron chi connectivity index (χ3n) is 1.78. The van der Waals surface area contributed by atoms with E-state index < -0.39 is 0 Å². The zero-order chi connectivity index (χ0) is 12.0. The summed E-state index contributed by atoms with van der Waals surface area (Å²) < 4.78 is 5.27. The molecule has 0 atom stereocenters. The van der Waals surface area contributed by atoms with Crippen LogP contribution in [-0.4, -0.2) is 29.0 Å². The van der Waals surface area contributed by atoms with Crippen LogP contribution in [0.4, 0.5) is 5.82 Å². The summed E-state index contributed by atoms with van der Waals surface area (Å²) in [6.07, 6.45) is 0.271. The number of aryl methyl sites for hydroxylation is 1. The predicted molar refractivity (Wildman–Crippen MR) is 60.2 cm³/mol. The topological polar surface area (TPSA) is 90.1 Å². The first-order valence-corrected chi connectivity index (χ1v) is 5.12. The summed E-state index contributed by atoms with van der Waals surface area (Å²) in [4.78, 5) is 18.8. The third kappa shape index (κ3) is 4.12. The largest absolute Gasteiger partial charge is 0.478 e. The van der Waals surface area contributed by atoms with Gasteiger partial charge in [0.1, 0.15) is 11.6 Å². The highest BCUT2D eigenvalue weighted by atomic mass is 16.5. The fourth-order valence-electron chi connectivity index (χ4n) is 1.17. The number of nitrogens with zero attached hydrogens (tertiary/aromatic N) is 2. The number of rotatable bonds is 6. The maximum Gasteiger partial charge on any atom is 0.219 e. The Balaban J connectivity index is 2.61. The number of anilines is 1. The number of primary amides is 1. The molecule has 0 aliphatic rings. The SMILES string of the molecule is CCOc1cc(NCCC(N)=O)nc(C)n1. The fourth-order valence-corrected chi connectivity index (χ4v) is 1.17. The van der Waals surface area contributed by atoms with Crippen molar-refractivity contribution in [3.63, 3.8) is 0 Å². The van der Waals surface area contributed by atoms with Crippen LogP contribution in [-0.2, 0) is 4.79 Å². The van der Waals surface area contributed by atoms with Crippen LogP contribution < -0.4 is 15.8 Å². The molecule has 0 radical (unpaired) electrons. The van der Waals surface area contributed by atoms with Crippen molar-refractivity contribution >= 4 is 11.7 Å². The number of hydrogen-bond acceptors (Lipinski definition) is 5. The van der Waals surface area contributed by atoms with Gasteiger partial charge in [-0.2, -0.15) is 4.98 Å². The van der Waals surface area contributed by atoms with Crippen molar-refractivity contribution in [2.45, 2.75) is 20.3 Å². The molecule has 1 aromatic rings. The van der Waals surface area contributed by atoms with E-state index in [9.17, 15) is 4.79 Å². The molecule has 0 spiro atoms. The smallest absolute Gasteiger partial charge is 0.219 e. The lowest BCUT2D eigenvalue weighted by Crippen LogP contribution is -2.16. The molecule has 1 rings (SSSR count). The highest BCUT2D eigenvalue weighted by Crippen LogP contribution is 2.12. The van der Waals surface area contributed by atoms with Gasteiger partial charge in [0, 0.05) is 19.0 Å². The molecule has 1 amide bonds. The van der Waals surface area contributed by atoms with Crippen LogP contribution in [0.2, 0.25) is 0 Å². The molecule has 88 valence electrons. The average molecular weight is 224 g/mol. The molecule has 16 heavy (non-hydrogen) atoms. The molecule has 0 saturated heterocycles. The van der Waals surface area contributed by atoms with E-state index in [1.165, 1.54) is 0 Å². The van der Waals surface area contributed by atoms with E-state index in [-0.39, 0.29) is 12.3 Å². The van der Waals surface area contributed by atoms with E-state index >= 15 is 0 Å². The van der Waals surface area contributed by atoms with Gasteiger partial charge in [-0.15, -0.1) is 0 Å². The number of nitrogens with two attached hydrogens (primary N) is 1. The maximum absolute atomic E-state index is 10.6. The maximum atomic E-state index is 10.6. The quantitative estimate of drug-likeness (QED) is 0.733. The third-order valence-corrected chi connectivity index (χ3v) is 1.78. The van der Waals surface area contributed by atoms with Crippen LogP contribution in [0.15, 0.2) is 6.07 Å². The van der Waals surface area contributed by atoms with Crippen molar-refractivity contribution < 1.29 is 9.53 Å². The van der Waals surface area contributed by atoms with Crippen molar-refractivity contribution in [1.82, 2.24) is 9.97 Å². The summed E-state index contributed by atoms with van der Waals surface area (Å²) in [5.41, 5.74) is 5.03. The molecule has 1 aromatic heterocycles. The molecule has 1 heterocycles. The molecule has 0 fully saturated rings. The molecule has 0 unspecified atom stereocenters. The fraction of sp³-hybridized carbons (Fsp3) is 0.500. The Morgan fingerprint density at radius 2 is 2.31 bits per heavy atom. The zero-order valence-corrected chi connectivity index (χ0v) is 9.49. The average Bonchev–Trinajstić information content (AvgIpc) is 2.16. The summed E-state index contributed by atoms with van der Waals surface area (Å²) in [6, 6.07) is 1.69. The van der Waals surface area contributed by atoms with Gasteiger partial charge in [-0.05, 0) is 13.8 Å². The molecular weight excluding hydrogens is 208 g/mol. The molecule has 6 heteroatoms. The second-order valence-corrected chi connectivity index (χ2v) is 3.21. The summed E-state index contributed by atoms with van der Waals surface area (Å²) in [6.45, 7) is 4.67. The minimum Gasteiger partial charge on any atom is -0.478 e. The summed E-state index contributed by atoms with van der Waals surface area (Å²) in [5, 5.41) is 2.98. The van der Waals surface area contributed by atoms with Gasteiger partial charge >= 0.3 is 0 Å². The van der Waals surface area contributed by atoms with Crippen molar-refractivity contribution in [2.75, 3.05) is 18.5 Å². The predicted octanol–water partition coefficient (Wildman–Crippen LogP) is 0.471. The molecule has 0 aliphatic carbocycles. The number of amides is 1. The Labute approximate surface area is 94.2 Å². The Morgan fingerprint density at radius 1 is 1.56 bits per heavy atom. The van der Waals surface area contributed by atoms with Crippen LogP contribution in [0.1, 0.15) is 19.2 Å². The van der Waals surface area contributed by atoms with Gasteiger partial charge < -0.3 is 15.8 Å². The highest BCUT2D eigenvalue weighted by Gasteiger charge is 2.02. The standard InChI is InChI=1S/C10H16N4O2/c1-3-16-10-6-9(13-7(2)14-10)12-5-4-8(11)15/h6H,3-5H2,1-2H3,(H2,11,15)(H,12,13,14). The van der Waals surface area contributed by atoms with Gasteiger partial charge in [0.15, 0.2) is 0 Å². The van der Waals surface area contributed by atoms with E-state index in [4.69, 9.17) is 10.5 Å². The van der Waals surface area contributed by atoms with E-state index in [0.29, 0.717) is 30.7 Å². The number of carbonyl (C=O) groups excluding carboxylic acids is 1. The van der Waals surface area contributed by atoms with E-state index in [0.717, 1.165) is 0 Å². The second-order valence-electron chi connectivity index (χ2n) is 3.21. The van der Waals surface area contributed by atoms with Crippen LogP contribution in [0.5, 0.6) is 5.88 Å². The summed E-state index contributed by atoms with van der Waals surface area (Å²) >= 11 is 0. The Morgan fingerprint density at radius 3 is 2.94 bits per heavy atom. The molecular formula is C10H16N4O2. The first kappa shape index (κ1) is 12.2. The van der Waals surface area contributed by atoms with Gasteiger partial charge in [0.25, 0.3) is 0 Å². The molecule has 0 saturated carbocycles. The van der Waals surface area contributed by atoms with Crippen LogP contribution in [0.3, 0.4) is 0 Å². The Hall–Kier alpha value is -1.85. The summed E-state index contributed by atoms with van der Waals surface area (Å²) in [7, 11) is 0. The lowest BCUT2D eigenvalue weighted by Gasteiger charge is -2.07. The van der Waals surface area contributed by atoms with Crippen molar-refractivity contribution in [1.29, 1.82) is 0 Å². The lowest BCUT2D eigenvalue weighted by molar-refractivity contribution is -0.117. The molecule has 6 nitrogen and oxygen atoms in total.